The van der Waals surface area contributed by atoms with E-state index in [4.69, 9.17) is 10.5 Å². The molecule has 2 rings (SSSR count). The van der Waals surface area contributed by atoms with E-state index in [2.05, 4.69) is 0 Å². The normalized spacial score (nSPS) is 25.5. The van der Waals surface area contributed by atoms with Gasteiger partial charge in [0.25, 0.3) is 0 Å². The van der Waals surface area contributed by atoms with E-state index in [-0.39, 0.29) is 6.04 Å². The lowest BCUT2D eigenvalue weighted by atomic mass is 9.98. The van der Waals surface area contributed by atoms with Crippen LogP contribution in [0.1, 0.15) is 30.0 Å². The zero-order valence-electron chi connectivity index (χ0n) is 8.94. The molecule has 3 N–H and O–H groups in total. The van der Waals surface area contributed by atoms with E-state index in [0.717, 1.165) is 30.6 Å². The summed E-state index contributed by atoms with van der Waals surface area (Å²) in [6.07, 6.45) is 2.33. The second-order valence-electron chi connectivity index (χ2n) is 4.05. The predicted molar refractivity (Wildman–Crippen MR) is 58.9 cm³/mol. The minimum atomic E-state index is -0.432. The molecule has 1 aromatic rings. The number of rotatable bonds is 1. The summed E-state index contributed by atoms with van der Waals surface area (Å²) in [6, 6.07) is 5.65. The maximum Gasteiger partial charge on any atom is 0.119 e. The van der Waals surface area contributed by atoms with Crippen molar-refractivity contribution < 1.29 is 9.84 Å². The van der Waals surface area contributed by atoms with Crippen LogP contribution < -0.4 is 10.5 Å². The summed E-state index contributed by atoms with van der Waals surface area (Å²) >= 11 is 0. The van der Waals surface area contributed by atoms with Crippen LogP contribution in [-0.4, -0.2) is 18.3 Å². The first-order valence-electron chi connectivity index (χ1n) is 5.33. The molecule has 15 heavy (non-hydrogen) atoms. The van der Waals surface area contributed by atoms with Crippen LogP contribution >= 0.6 is 0 Å². The van der Waals surface area contributed by atoms with E-state index in [0.29, 0.717) is 0 Å². The van der Waals surface area contributed by atoms with Crippen LogP contribution in [-0.2, 0) is 6.42 Å². The molecule has 0 saturated carbocycles. The van der Waals surface area contributed by atoms with Gasteiger partial charge in [-0.2, -0.15) is 0 Å². The number of hydrogen-bond acceptors (Lipinski definition) is 3. The summed E-state index contributed by atoms with van der Waals surface area (Å²) in [5.74, 6) is 0.804. The lowest BCUT2D eigenvalue weighted by molar-refractivity contribution is 0.136. The second kappa shape index (κ2) is 4.21. The van der Waals surface area contributed by atoms with Gasteiger partial charge in [0.15, 0.2) is 0 Å². The largest absolute Gasteiger partial charge is 0.497 e. The number of aryl methyl sites for hydroxylation is 1. The van der Waals surface area contributed by atoms with E-state index in [9.17, 15) is 5.11 Å². The van der Waals surface area contributed by atoms with Crippen LogP contribution in [0.15, 0.2) is 18.2 Å². The molecule has 1 aromatic carbocycles. The van der Waals surface area contributed by atoms with Crippen molar-refractivity contribution >= 4 is 0 Å². The third-order valence-corrected chi connectivity index (χ3v) is 3.07. The molecule has 1 aliphatic carbocycles. The number of fused-ring (bicyclic) bond motifs is 1. The zero-order chi connectivity index (χ0) is 10.8. The van der Waals surface area contributed by atoms with Crippen LogP contribution in [0.4, 0.5) is 0 Å². The SMILES string of the molecule is COc1ccc2c(c1)[C@H](N)[C@H](O)CCC2. The molecule has 3 nitrogen and oxygen atoms in total. The summed E-state index contributed by atoms with van der Waals surface area (Å²) in [7, 11) is 1.64. The first kappa shape index (κ1) is 10.5. The fourth-order valence-electron chi connectivity index (χ4n) is 2.13. The van der Waals surface area contributed by atoms with Crippen molar-refractivity contribution in [2.45, 2.75) is 31.4 Å². The van der Waals surface area contributed by atoms with Gasteiger partial charge in [-0.1, -0.05) is 6.07 Å². The van der Waals surface area contributed by atoms with Gasteiger partial charge < -0.3 is 15.6 Å². The Labute approximate surface area is 89.9 Å². The van der Waals surface area contributed by atoms with Crippen LogP contribution in [0.25, 0.3) is 0 Å². The maximum absolute atomic E-state index is 9.80. The fourth-order valence-corrected chi connectivity index (χ4v) is 2.13. The number of ether oxygens (including phenoxy) is 1. The highest BCUT2D eigenvalue weighted by atomic mass is 16.5. The summed E-state index contributed by atoms with van der Waals surface area (Å²) in [4.78, 5) is 0. The predicted octanol–water partition coefficient (Wildman–Crippen LogP) is 1.39. The maximum atomic E-state index is 9.80. The average molecular weight is 207 g/mol. The van der Waals surface area contributed by atoms with Gasteiger partial charge in [0.05, 0.1) is 19.3 Å². The Kier molecular flexibility index (Phi) is 2.93. The van der Waals surface area contributed by atoms with E-state index in [1.165, 1.54) is 5.56 Å². The third kappa shape index (κ3) is 1.98. The van der Waals surface area contributed by atoms with Gasteiger partial charge in [0, 0.05) is 0 Å². The molecule has 0 aromatic heterocycles. The van der Waals surface area contributed by atoms with Crippen molar-refractivity contribution in [1.29, 1.82) is 0 Å². The van der Waals surface area contributed by atoms with Crippen LogP contribution in [0.2, 0.25) is 0 Å². The van der Waals surface area contributed by atoms with Crippen molar-refractivity contribution in [3.8, 4) is 5.75 Å². The van der Waals surface area contributed by atoms with Crippen molar-refractivity contribution in [1.82, 2.24) is 0 Å². The fraction of sp³-hybridized carbons (Fsp3) is 0.500. The Bertz CT molecular complexity index is 351. The lowest BCUT2D eigenvalue weighted by Gasteiger charge is -2.18. The Morgan fingerprint density at radius 1 is 1.47 bits per heavy atom. The molecular formula is C12H17NO2. The van der Waals surface area contributed by atoms with Gasteiger partial charge in [0.1, 0.15) is 5.75 Å². The third-order valence-electron chi connectivity index (χ3n) is 3.07. The second-order valence-corrected chi connectivity index (χ2v) is 4.05. The molecule has 0 saturated heterocycles. The molecule has 0 radical (unpaired) electrons. The Balaban J connectivity index is 2.41. The molecular weight excluding hydrogens is 190 g/mol. The summed E-state index contributed by atoms with van der Waals surface area (Å²) in [6.45, 7) is 0. The lowest BCUT2D eigenvalue weighted by Crippen LogP contribution is -2.25. The van der Waals surface area contributed by atoms with Crippen molar-refractivity contribution in [3.05, 3.63) is 29.3 Å². The molecule has 0 unspecified atom stereocenters. The Morgan fingerprint density at radius 2 is 2.27 bits per heavy atom. The molecule has 82 valence electrons. The quantitative estimate of drug-likeness (QED) is 0.684. The Morgan fingerprint density at radius 3 is 3.00 bits per heavy atom. The van der Waals surface area contributed by atoms with Gasteiger partial charge in [-0.25, -0.2) is 0 Å². The van der Waals surface area contributed by atoms with E-state index in [1.807, 2.05) is 18.2 Å². The highest BCUT2D eigenvalue weighted by molar-refractivity contribution is 5.38. The average Bonchev–Trinajstić information content (AvgIpc) is 2.40. The van der Waals surface area contributed by atoms with Crippen LogP contribution in [0, 0.1) is 0 Å². The summed E-state index contributed by atoms with van der Waals surface area (Å²) < 4.78 is 5.17. The molecule has 0 spiro atoms. The minimum Gasteiger partial charge on any atom is -0.497 e. The molecule has 3 heteroatoms. The number of aliphatic hydroxyl groups excluding tert-OH is 1. The van der Waals surface area contributed by atoms with Crippen molar-refractivity contribution in [2.24, 2.45) is 5.73 Å². The van der Waals surface area contributed by atoms with Gasteiger partial charge >= 0.3 is 0 Å². The monoisotopic (exact) mass is 207 g/mol. The standard InChI is InChI=1S/C12H17NO2/c1-15-9-6-5-8-3-2-4-11(14)12(13)10(8)7-9/h5-7,11-12,14H,2-4,13H2,1H3/t11-,12+/m1/s1. The number of aliphatic hydroxyl groups is 1. The first-order chi connectivity index (χ1) is 7.22. The molecule has 0 aliphatic heterocycles. The molecule has 1 aliphatic rings. The molecule has 0 bridgehead atoms. The number of methoxy groups -OCH3 is 1. The van der Waals surface area contributed by atoms with Gasteiger partial charge in [-0.05, 0) is 42.5 Å². The topological polar surface area (TPSA) is 55.5 Å². The minimum absolute atomic E-state index is 0.280. The Hall–Kier alpha value is -1.06. The number of nitrogens with two attached hydrogens (primary N) is 1. The first-order valence-corrected chi connectivity index (χ1v) is 5.33. The molecule has 0 fully saturated rings. The highest BCUT2D eigenvalue weighted by Gasteiger charge is 2.23. The molecule has 0 amide bonds. The van der Waals surface area contributed by atoms with Gasteiger partial charge in [-0.3, -0.25) is 0 Å². The number of hydrogen-bond donors (Lipinski definition) is 2. The van der Waals surface area contributed by atoms with E-state index >= 15 is 0 Å². The molecule has 2 atom stereocenters. The van der Waals surface area contributed by atoms with Crippen molar-refractivity contribution in [2.75, 3.05) is 7.11 Å². The molecule has 0 heterocycles. The zero-order valence-corrected chi connectivity index (χ0v) is 8.94. The highest BCUT2D eigenvalue weighted by Crippen LogP contribution is 2.30. The summed E-state index contributed by atoms with van der Waals surface area (Å²) in [5.41, 5.74) is 8.27. The summed E-state index contributed by atoms with van der Waals surface area (Å²) in [5, 5.41) is 9.80. The van der Waals surface area contributed by atoms with E-state index < -0.39 is 6.10 Å². The van der Waals surface area contributed by atoms with E-state index in [1.54, 1.807) is 7.11 Å². The smallest absolute Gasteiger partial charge is 0.119 e. The number of benzene rings is 1. The van der Waals surface area contributed by atoms with Gasteiger partial charge in [0.2, 0.25) is 0 Å². The van der Waals surface area contributed by atoms with Crippen LogP contribution in [0.5, 0.6) is 5.75 Å². The van der Waals surface area contributed by atoms with Gasteiger partial charge in [-0.15, -0.1) is 0 Å². The van der Waals surface area contributed by atoms with Crippen LogP contribution in [0.3, 0.4) is 0 Å². The van der Waals surface area contributed by atoms with Crippen molar-refractivity contribution in [3.63, 3.8) is 0 Å².